The van der Waals surface area contributed by atoms with Gasteiger partial charge in [-0.05, 0) is 5.92 Å². The average molecular weight is 260 g/mol. The topological polar surface area (TPSA) is 116 Å². The van der Waals surface area contributed by atoms with Crippen molar-refractivity contribution in [1.82, 2.24) is 10.6 Å². The molecule has 18 heavy (non-hydrogen) atoms. The lowest BCUT2D eigenvalue weighted by Gasteiger charge is -2.23. The first kappa shape index (κ1) is 16.4. The van der Waals surface area contributed by atoms with Crippen molar-refractivity contribution in [2.75, 3.05) is 6.61 Å². The molecule has 1 unspecified atom stereocenters. The van der Waals surface area contributed by atoms with Gasteiger partial charge in [-0.2, -0.15) is 0 Å². The fourth-order valence-corrected chi connectivity index (χ4v) is 1.40. The Bertz CT molecular complexity index is 317. The Labute approximate surface area is 106 Å². The fourth-order valence-electron chi connectivity index (χ4n) is 1.40. The minimum Gasteiger partial charge on any atom is -0.480 e. The number of hydrogen-bond acceptors (Lipinski definition) is 4. The van der Waals surface area contributed by atoms with Gasteiger partial charge >= 0.3 is 5.97 Å². The van der Waals surface area contributed by atoms with Crippen LogP contribution in [0.3, 0.4) is 0 Å². The molecule has 0 fully saturated rings. The van der Waals surface area contributed by atoms with E-state index in [4.69, 9.17) is 10.2 Å². The van der Waals surface area contributed by atoms with Crippen LogP contribution in [-0.4, -0.2) is 46.7 Å². The molecule has 0 aliphatic rings. The van der Waals surface area contributed by atoms with E-state index in [1.165, 1.54) is 6.92 Å². The first-order chi connectivity index (χ1) is 8.29. The quantitative estimate of drug-likeness (QED) is 0.473. The molecule has 2 amide bonds. The van der Waals surface area contributed by atoms with E-state index in [0.717, 1.165) is 0 Å². The number of hydrogen-bond donors (Lipinski definition) is 4. The van der Waals surface area contributed by atoms with Crippen LogP contribution in [0.2, 0.25) is 0 Å². The molecule has 0 rings (SSSR count). The number of aliphatic carboxylic acids is 1. The molecule has 0 heterocycles. The predicted octanol–water partition coefficient (Wildman–Crippen LogP) is -0.901. The number of carbonyl (C=O) groups excluding carboxylic acids is 2. The Morgan fingerprint density at radius 2 is 1.72 bits per heavy atom. The zero-order valence-electron chi connectivity index (χ0n) is 10.8. The van der Waals surface area contributed by atoms with E-state index in [2.05, 4.69) is 10.6 Å². The molecule has 4 N–H and O–H groups in total. The normalized spacial score (nSPS) is 13.8. The average Bonchev–Trinajstić information content (AvgIpc) is 2.24. The van der Waals surface area contributed by atoms with Gasteiger partial charge in [0.1, 0.15) is 12.1 Å². The van der Waals surface area contributed by atoms with Gasteiger partial charge < -0.3 is 20.8 Å². The molecule has 0 aromatic carbocycles. The zero-order valence-corrected chi connectivity index (χ0v) is 10.8. The maximum atomic E-state index is 11.8. The second kappa shape index (κ2) is 7.65. The third kappa shape index (κ3) is 5.62. The van der Waals surface area contributed by atoms with E-state index in [-0.39, 0.29) is 24.9 Å². The van der Waals surface area contributed by atoms with Gasteiger partial charge in [0.25, 0.3) is 0 Å². The first-order valence-electron chi connectivity index (χ1n) is 5.70. The highest BCUT2D eigenvalue weighted by atomic mass is 16.4. The van der Waals surface area contributed by atoms with Crippen molar-refractivity contribution in [3.63, 3.8) is 0 Å². The van der Waals surface area contributed by atoms with Crippen molar-refractivity contribution in [3.8, 4) is 0 Å². The maximum absolute atomic E-state index is 11.8. The van der Waals surface area contributed by atoms with Crippen LogP contribution in [0.1, 0.15) is 27.2 Å². The minimum absolute atomic E-state index is 0.0774. The van der Waals surface area contributed by atoms with E-state index in [0.29, 0.717) is 0 Å². The van der Waals surface area contributed by atoms with Crippen LogP contribution in [0.15, 0.2) is 0 Å². The Balaban J connectivity index is 4.66. The first-order valence-corrected chi connectivity index (χ1v) is 5.70. The van der Waals surface area contributed by atoms with Gasteiger partial charge in [0.2, 0.25) is 11.8 Å². The van der Waals surface area contributed by atoms with Crippen molar-refractivity contribution >= 4 is 17.8 Å². The van der Waals surface area contributed by atoms with Crippen molar-refractivity contribution < 1.29 is 24.6 Å². The largest absolute Gasteiger partial charge is 0.480 e. The van der Waals surface area contributed by atoms with Crippen LogP contribution in [0.25, 0.3) is 0 Å². The molecule has 7 heteroatoms. The number of nitrogens with one attached hydrogen (secondary N) is 2. The Hall–Kier alpha value is -1.63. The second-order valence-electron chi connectivity index (χ2n) is 4.33. The van der Waals surface area contributed by atoms with Gasteiger partial charge in [-0.3, -0.25) is 9.59 Å². The summed E-state index contributed by atoms with van der Waals surface area (Å²) in [5.41, 5.74) is 0. The van der Waals surface area contributed by atoms with Gasteiger partial charge in [0, 0.05) is 20.0 Å². The van der Waals surface area contributed by atoms with Crippen LogP contribution in [0, 0.1) is 5.92 Å². The number of rotatable bonds is 7. The number of aliphatic hydroxyl groups excluding tert-OH is 1. The summed E-state index contributed by atoms with van der Waals surface area (Å²) in [5.74, 6) is -2.32. The molecule has 0 bridgehead atoms. The van der Waals surface area contributed by atoms with E-state index in [1.54, 1.807) is 13.8 Å². The Kier molecular flexibility index (Phi) is 6.96. The SMILES string of the molecule is CC(=O)NC(C(=O)N[C@H](CCO)C(=O)O)C(C)C. The molecule has 0 saturated heterocycles. The van der Waals surface area contributed by atoms with Crippen LogP contribution in [0.5, 0.6) is 0 Å². The monoisotopic (exact) mass is 260 g/mol. The lowest BCUT2D eigenvalue weighted by atomic mass is 10.0. The summed E-state index contributed by atoms with van der Waals surface area (Å²) in [6.07, 6.45) is -0.0774. The second-order valence-corrected chi connectivity index (χ2v) is 4.33. The highest BCUT2D eigenvalue weighted by Crippen LogP contribution is 2.03. The molecule has 0 aliphatic heterocycles. The summed E-state index contributed by atoms with van der Waals surface area (Å²) < 4.78 is 0. The number of amides is 2. The zero-order chi connectivity index (χ0) is 14.3. The molecule has 0 aromatic rings. The Morgan fingerprint density at radius 3 is 2.06 bits per heavy atom. The van der Waals surface area contributed by atoms with E-state index < -0.39 is 24.0 Å². The van der Waals surface area contributed by atoms with Gasteiger partial charge in [-0.1, -0.05) is 13.8 Å². The summed E-state index contributed by atoms with van der Waals surface area (Å²) in [7, 11) is 0. The summed E-state index contributed by atoms with van der Waals surface area (Å²) >= 11 is 0. The van der Waals surface area contributed by atoms with E-state index in [9.17, 15) is 14.4 Å². The smallest absolute Gasteiger partial charge is 0.326 e. The highest BCUT2D eigenvalue weighted by Gasteiger charge is 2.27. The standard InChI is InChI=1S/C11H20N2O5/c1-6(2)9(12-7(3)15)10(16)13-8(4-5-14)11(17)18/h6,8-9,14H,4-5H2,1-3H3,(H,12,15)(H,13,16)(H,17,18)/t8-,9?/m1/s1. The fraction of sp³-hybridized carbons (Fsp3) is 0.727. The van der Waals surface area contributed by atoms with Crippen molar-refractivity contribution in [2.45, 2.75) is 39.3 Å². The van der Waals surface area contributed by atoms with Crippen LogP contribution < -0.4 is 10.6 Å². The number of carbonyl (C=O) groups is 3. The summed E-state index contributed by atoms with van der Waals surface area (Å²) in [4.78, 5) is 33.6. The van der Waals surface area contributed by atoms with E-state index in [1.807, 2.05) is 0 Å². The molecule has 0 radical (unpaired) electrons. The molecule has 0 aromatic heterocycles. The predicted molar refractivity (Wildman–Crippen MR) is 63.7 cm³/mol. The third-order valence-electron chi connectivity index (χ3n) is 2.34. The molecule has 0 spiro atoms. The molecule has 0 aliphatic carbocycles. The van der Waals surface area contributed by atoms with Gasteiger partial charge in [0.15, 0.2) is 0 Å². The van der Waals surface area contributed by atoms with Crippen molar-refractivity contribution in [3.05, 3.63) is 0 Å². The van der Waals surface area contributed by atoms with Crippen molar-refractivity contribution in [2.24, 2.45) is 5.92 Å². The highest BCUT2D eigenvalue weighted by molar-refractivity contribution is 5.90. The number of aliphatic hydroxyl groups is 1. The lowest BCUT2D eigenvalue weighted by molar-refractivity contribution is -0.142. The molecular formula is C11H20N2O5. The Morgan fingerprint density at radius 1 is 1.17 bits per heavy atom. The van der Waals surface area contributed by atoms with Crippen molar-refractivity contribution in [1.29, 1.82) is 0 Å². The number of carboxylic acid groups (broad SMARTS) is 1. The summed E-state index contributed by atoms with van der Waals surface area (Å²) in [5, 5.41) is 22.3. The van der Waals surface area contributed by atoms with Gasteiger partial charge in [0.05, 0.1) is 0 Å². The third-order valence-corrected chi connectivity index (χ3v) is 2.34. The molecule has 7 nitrogen and oxygen atoms in total. The molecule has 104 valence electrons. The van der Waals surface area contributed by atoms with Crippen LogP contribution in [0.4, 0.5) is 0 Å². The molecule has 2 atom stereocenters. The summed E-state index contributed by atoms with van der Waals surface area (Å²) in [6, 6.07) is -1.94. The van der Waals surface area contributed by atoms with E-state index >= 15 is 0 Å². The number of carboxylic acids is 1. The molecular weight excluding hydrogens is 240 g/mol. The van der Waals surface area contributed by atoms with Gasteiger partial charge in [-0.15, -0.1) is 0 Å². The van der Waals surface area contributed by atoms with Crippen LogP contribution >= 0.6 is 0 Å². The molecule has 0 saturated carbocycles. The lowest BCUT2D eigenvalue weighted by Crippen LogP contribution is -2.53. The maximum Gasteiger partial charge on any atom is 0.326 e. The van der Waals surface area contributed by atoms with Crippen LogP contribution in [-0.2, 0) is 14.4 Å². The summed E-state index contributed by atoms with van der Waals surface area (Å²) in [6.45, 7) is 4.42. The minimum atomic E-state index is -1.22. The van der Waals surface area contributed by atoms with Gasteiger partial charge in [-0.25, -0.2) is 4.79 Å².